The van der Waals surface area contributed by atoms with Crippen LogP contribution in [0.4, 0.5) is 18.9 Å². The lowest BCUT2D eigenvalue weighted by Gasteiger charge is -2.09. The minimum Gasteiger partial charge on any atom is -0.292 e. The number of nitriles is 1. The molecule has 0 N–H and O–H groups in total. The number of nitrogens with zero attached hydrogens (tertiary/aromatic N) is 3. The van der Waals surface area contributed by atoms with Crippen molar-refractivity contribution in [2.45, 2.75) is 19.5 Å². The lowest BCUT2D eigenvalue weighted by molar-refractivity contribution is -0.137. The van der Waals surface area contributed by atoms with Crippen molar-refractivity contribution in [1.29, 1.82) is 5.26 Å². The molecule has 2 aromatic carbocycles. The van der Waals surface area contributed by atoms with E-state index in [-0.39, 0.29) is 0 Å². The van der Waals surface area contributed by atoms with Crippen LogP contribution in [0, 0.1) is 11.3 Å². The lowest BCUT2D eigenvalue weighted by Crippen LogP contribution is -2.13. The number of benzene rings is 2. The summed E-state index contributed by atoms with van der Waals surface area (Å²) in [4.78, 5) is 6.03. The van der Waals surface area contributed by atoms with Gasteiger partial charge in [-0.15, -0.1) is 11.3 Å². The zero-order valence-electron chi connectivity index (χ0n) is 13.8. The van der Waals surface area contributed by atoms with Crippen LogP contribution in [0.3, 0.4) is 0 Å². The third-order valence-corrected chi connectivity index (χ3v) is 4.87. The Hall–Kier alpha value is -2.85. The highest BCUT2D eigenvalue weighted by atomic mass is 32.1. The Labute approximate surface area is 152 Å². The number of aromatic nitrogens is 1. The Balaban J connectivity index is 2.20. The smallest absolute Gasteiger partial charge is 0.292 e. The molecule has 0 saturated carbocycles. The molecular formula is C19H14F3N3S. The SMILES string of the molecule is CCc1cn(-c2cccc(C(F)(F)F)c2)c(=Nc2ccccc2C#N)s1. The molecule has 0 bridgehead atoms. The molecule has 1 heterocycles. The fraction of sp³-hybridized carbons (Fsp3) is 0.158. The maximum Gasteiger partial charge on any atom is 0.416 e. The highest BCUT2D eigenvalue weighted by Gasteiger charge is 2.30. The summed E-state index contributed by atoms with van der Waals surface area (Å²) in [6.45, 7) is 1.97. The third kappa shape index (κ3) is 3.70. The van der Waals surface area contributed by atoms with Crippen molar-refractivity contribution in [3.05, 3.63) is 75.5 Å². The van der Waals surface area contributed by atoms with Crippen molar-refractivity contribution >= 4 is 17.0 Å². The maximum absolute atomic E-state index is 13.0. The van der Waals surface area contributed by atoms with Crippen LogP contribution in [0.25, 0.3) is 5.69 Å². The zero-order chi connectivity index (χ0) is 18.7. The summed E-state index contributed by atoms with van der Waals surface area (Å²) in [5.41, 5.74) is 0.564. The second kappa shape index (κ2) is 7.18. The van der Waals surface area contributed by atoms with E-state index in [1.54, 1.807) is 41.1 Å². The van der Waals surface area contributed by atoms with Gasteiger partial charge in [-0.2, -0.15) is 18.4 Å². The maximum atomic E-state index is 13.0. The van der Waals surface area contributed by atoms with E-state index in [0.29, 0.717) is 21.7 Å². The molecule has 0 aliphatic rings. The summed E-state index contributed by atoms with van der Waals surface area (Å²) in [7, 11) is 0. The Morgan fingerprint density at radius 3 is 2.62 bits per heavy atom. The number of halogens is 3. The van der Waals surface area contributed by atoms with Crippen LogP contribution in [-0.4, -0.2) is 4.57 Å². The second-order valence-electron chi connectivity index (χ2n) is 5.49. The van der Waals surface area contributed by atoms with Crippen molar-refractivity contribution in [3.8, 4) is 11.8 Å². The predicted molar refractivity (Wildman–Crippen MR) is 94.4 cm³/mol. The molecule has 0 amide bonds. The van der Waals surface area contributed by atoms with E-state index in [1.807, 2.05) is 6.92 Å². The van der Waals surface area contributed by atoms with Crippen LogP contribution >= 0.6 is 11.3 Å². The molecule has 1 aromatic heterocycles. The molecule has 3 nitrogen and oxygen atoms in total. The minimum atomic E-state index is -4.41. The third-order valence-electron chi connectivity index (χ3n) is 3.74. The van der Waals surface area contributed by atoms with Crippen LogP contribution in [0.5, 0.6) is 0 Å². The molecule has 0 aliphatic carbocycles. The Morgan fingerprint density at radius 2 is 1.92 bits per heavy atom. The number of para-hydroxylation sites is 1. The molecule has 3 rings (SSSR count). The van der Waals surface area contributed by atoms with Crippen molar-refractivity contribution < 1.29 is 13.2 Å². The van der Waals surface area contributed by atoms with Gasteiger partial charge in [0, 0.05) is 16.8 Å². The van der Waals surface area contributed by atoms with E-state index in [0.717, 1.165) is 23.4 Å². The standard InChI is InChI=1S/C19H14F3N3S/c1-2-16-12-25(15-8-5-7-14(10-15)19(20,21)22)18(26-16)24-17-9-4-3-6-13(17)11-23/h3-10,12H,2H2,1H3. The van der Waals surface area contributed by atoms with Gasteiger partial charge < -0.3 is 0 Å². The topological polar surface area (TPSA) is 41.1 Å². The van der Waals surface area contributed by atoms with Gasteiger partial charge in [0.15, 0.2) is 4.80 Å². The van der Waals surface area contributed by atoms with Gasteiger partial charge in [0.05, 0.1) is 16.8 Å². The Bertz CT molecular complexity index is 1040. The molecule has 0 aliphatic heterocycles. The molecule has 0 atom stereocenters. The molecule has 26 heavy (non-hydrogen) atoms. The van der Waals surface area contributed by atoms with Crippen LogP contribution in [0.1, 0.15) is 22.9 Å². The normalized spacial score (nSPS) is 12.2. The van der Waals surface area contributed by atoms with Crippen molar-refractivity contribution in [1.82, 2.24) is 4.57 Å². The highest BCUT2D eigenvalue weighted by molar-refractivity contribution is 7.09. The average Bonchev–Trinajstić information content (AvgIpc) is 3.04. The monoisotopic (exact) mass is 373 g/mol. The van der Waals surface area contributed by atoms with Gasteiger partial charge in [0.2, 0.25) is 0 Å². The zero-order valence-corrected chi connectivity index (χ0v) is 14.6. The summed E-state index contributed by atoms with van der Waals surface area (Å²) in [5.74, 6) is 0. The van der Waals surface area contributed by atoms with E-state index >= 15 is 0 Å². The van der Waals surface area contributed by atoms with Crippen molar-refractivity contribution in [2.24, 2.45) is 4.99 Å². The van der Waals surface area contributed by atoms with Gasteiger partial charge >= 0.3 is 6.18 Å². The number of hydrogen-bond acceptors (Lipinski definition) is 3. The van der Waals surface area contributed by atoms with E-state index in [2.05, 4.69) is 11.1 Å². The van der Waals surface area contributed by atoms with E-state index in [9.17, 15) is 18.4 Å². The van der Waals surface area contributed by atoms with Crippen LogP contribution in [0.2, 0.25) is 0 Å². The fourth-order valence-electron chi connectivity index (χ4n) is 2.42. The van der Waals surface area contributed by atoms with Crippen LogP contribution in [0.15, 0.2) is 59.7 Å². The Kier molecular flexibility index (Phi) is 4.96. The van der Waals surface area contributed by atoms with E-state index in [1.165, 1.54) is 17.4 Å². The summed E-state index contributed by atoms with van der Waals surface area (Å²) < 4.78 is 40.7. The number of aryl methyl sites for hydroxylation is 1. The number of rotatable bonds is 3. The van der Waals surface area contributed by atoms with Crippen LogP contribution in [-0.2, 0) is 12.6 Å². The molecule has 0 fully saturated rings. The molecule has 0 radical (unpaired) electrons. The van der Waals surface area contributed by atoms with Crippen LogP contribution < -0.4 is 4.80 Å². The van der Waals surface area contributed by atoms with Gasteiger partial charge in [-0.05, 0) is 36.8 Å². The second-order valence-corrected chi connectivity index (χ2v) is 6.59. The summed E-state index contributed by atoms with van der Waals surface area (Å²) in [6.07, 6.45) is -1.89. The molecule has 0 saturated heterocycles. The first-order chi connectivity index (χ1) is 12.4. The minimum absolute atomic E-state index is 0.379. The Morgan fingerprint density at radius 1 is 1.15 bits per heavy atom. The predicted octanol–water partition coefficient (Wildman–Crippen LogP) is 5.22. The number of thiazole rings is 1. The average molecular weight is 373 g/mol. The molecule has 132 valence electrons. The first-order valence-corrected chi connectivity index (χ1v) is 8.67. The first-order valence-electron chi connectivity index (χ1n) is 7.85. The first kappa shape index (κ1) is 18.0. The van der Waals surface area contributed by atoms with E-state index in [4.69, 9.17) is 0 Å². The highest BCUT2D eigenvalue weighted by Crippen LogP contribution is 2.30. The van der Waals surface area contributed by atoms with E-state index < -0.39 is 11.7 Å². The van der Waals surface area contributed by atoms with Crippen molar-refractivity contribution in [3.63, 3.8) is 0 Å². The molecule has 0 spiro atoms. The molecule has 3 aromatic rings. The fourth-order valence-corrected chi connectivity index (χ4v) is 3.36. The molecule has 0 unspecified atom stereocenters. The number of hydrogen-bond donors (Lipinski definition) is 0. The molecular weight excluding hydrogens is 359 g/mol. The number of alkyl halides is 3. The summed E-state index contributed by atoms with van der Waals surface area (Å²) in [5, 5.41) is 9.22. The largest absolute Gasteiger partial charge is 0.416 e. The summed E-state index contributed by atoms with van der Waals surface area (Å²) >= 11 is 1.39. The van der Waals surface area contributed by atoms with Gasteiger partial charge in [-0.1, -0.05) is 25.1 Å². The van der Waals surface area contributed by atoms with Gasteiger partial charge in [0.25, 0.3) is 0 Å². The van der Waals surface area contributed by atoms with Crippen molar-refractivity contribution in [2.75, 3.05) is 0 Å². The van der Waals surface area contributed by atoms with Gasteiger partial charge in [-0.3, -0.25) is 4.57 Å². The van der Waals surface area contributed by atoms with Gasteiger partial charge in [-0.25, -0.2) is 4.99 Å². The molecule has 7 heteroatoms. The summed E-state index contributed by atoms with van der Waals surface area (Å²) in [6, 6.07) is 14.1. The lowest BCUT2D eigenvalue weighted by atomic mass is 10.2. The quantitative estimate of drug-likeness (QED) is 0.620. The van der Waals surface area contributed by atoms with Gasteiger partial charge in [0.1, 0.15) is 6.07 Å².